The largest absolute Gasteiger partial charge is 0.351 e. The molecule has 0 bridgehead atoms. The van der Waals surface area contributed by atoms with Crippen LogP contribution in [0.15, 0.2) is 60.7 Å². The van der Waals surface area contributed by atoms with Gasteiger partial charge in [0.2, 0.25) is 0 Å². The molecule has 172 valence electrons. The first kappa shape index (κ1) is 21.8. The van der Waals surface area contributed by atoms with Crippen LogP contribution in [0.2, 0.25) is 0 Å². The third kappa shape index (κ3) is 3.94. The van der Waals surface area contributed by atoms with Crippen molar-refractivity contribution < 1.29 is 9.59 Å². The summed E-state index contributed by atoms with van der Waals surface area (Å²) in [6, 6.07) is 19.6. The van der Waals surface area contributed by atoms with Crippen LogP contribution in [-0.4, -0.2) is 44.6 Å². The van der Waals surface area contributed by atoms with E-state index in [0.29, 0.717) is 30.8 Å². The molecule has 1 aliphatic rings. The Balaban J connectivity index is 1.39. The van der Waals surface area contributed by atoms with Crippen molar-refractivity contribution in [1.82, 2.24) is 25.0 Å². The van der Waals surface area contributed by atoms with E-state index in [9.17, 15) is 9.59 Å². The van der Waals surface area contributed by atoms with Crippen LogP contribution in [0.25, 0.3) is 11.0 Å². The van der Waals surface area contributed by atoms with E-state index in [2.05, 4.69) is 15.4 Å². The maximum absolute atomic E-state index is 13.3. The van der Waals surface area contributed by atoms with E-state index in [1.165, 1.54) is 0 Å². The van der Waals surface area contributed by atoms with Crippen molar-refractivity contribution in [2.75, 3.05) is 13.1 Å². The quantitative estimate of drug-likeness (QED) is 0.482. The van der Waals surface area contributed by atoms with E-state index < -0.39 is 0 Å². The van der Waals surface area contributed by atoms with Crippen molar-refractivity contribution >= 4 is 22.8 Å². The molecule has 0 aliphatic carbocycles. The number of nitrogens with zero attached hydrogens (tertiary/aromatic N) is 4. The smallest absolute Gasteiger partial charge is 0.254 e. The van der Waals surface area contributed by atoms with Crippen molar-refractivity contribution in [3.05, 3.63) is 94.3 Å². The Labute approximate surface area is 198 Å². The molecular weight excluding hydrogens is 426 g/mol. The topological polar surface area (TPSA) is 80.1 Å². The molecule has 0 saturated carbocycles. The van der Waals surface area contributed by atoms with Crippen LogP contribution in [0.4, 0.5) is 0 Å². The Morgan fingerprint density at radius 2 is 1.82 bits per heavy atom. The number of fused-ring (bicyclic) bond motifs is 2. The lowest BCUT2D eigenvalue weighted by Gasteiger charge is -2.24. The molecule has 1 N–H and O–H groups in total. The molecule has 0 spiro atoms. The lowest BCUT2D eigenvalue weighted by Crippen LogP contribution is -2.36. The third-order valence-corrected chi connectivity index (χ3v) is 6.46. The number of carbonyl (C=O) groups is 2. The highest BCUT2D eigenvalue weighted by Crippen LogP contribution is 2.26. The molecule has 1 atom stereocenters. The van der Waals surface area contributed by atoms with Crippen LogP contribution in [0.5, 0.6) is 0 Å². The first-order valence-corrected chi connectivity index (χ1v) is 11.4. The first-order valence-electron chi connectivity index (χ1n) is 11.4. The summed E-state index contributed by atoms with van der Waals surface area (Å²) in [5, 5.41) is 8.34. The van der Waals surface area contributed by atoms with E-state index in [1.54, 1.807) is 4.68 Å². The van der Waals surface area contributed by atoms with Gasteiger partial charge in [-0.05, 0) is 37.1 Å². The summed E-state index contributed by atoms with van der Waals surface area (Å²) in [6.07, 6.45) is 0. The van der Waals surface area contributed by atoms with Crippen molar-refractivity contribution in [2.24, 2.45) is 7.05 Å². The van der Waals surface area contributed by atoms with Gasteiger partial charge in [-0.2, -0.15) is 5.10 Å². The lowest BCUT2D eigenvalue weighted by molar-refractivity contribution is 0.0767. The maximum Gasteiger partial charge on any atom is 0.254 e. The molecule has 4 aromatic rings. The average Bonchev–Trinajstić information content (AvgIpc) is 3.31. The van der Waals surface area contributed by atoms with Gasteiger partial charge in [0.15, 0.2) is 5.65 Å². The van der Waals surface area contributed by atoms with Crippen molar-refractivity contribution in [3.8, 4) is 0 Å². The fourth-order valence-electron chi connectivity index (χ4n) is 4.80. The second-order valence-corrected chi connectivity index (χ2v) is 8.88. The number of rotatable bonds is 6. The van der Waals surface area contributed by atoms with Crippen molar-refractivity contribution in [2.45, 2.75) is 26.3 Å². The fraction of sp³-hybridized carbons (Fsp3) is 0.259. The Morgan fingerprint density at radius 1 is 1.09 bits per heavy atom. The number of hydrogen-bond acceptors (Lipinski definition) is 4. The molecule has 3 heterocycles. The normalized spacial score (nSPS) is 13.9. The SMILES string of the molecule is Cc1cc(C(=O)NC[C@@H](CN2Cc3ccccc3C2=O)c2ccccc2)c2c(C)nn(C)c2n1. The molecule has 1 aliphatic heterocycles. The standard InChI is InChI=1S/C27H27N5O2/c1-17-13-23(24-18(2)30-31(3)25(24)29-17)26(33)28-14-21(19-9-5-4-6-10-19)16-32-15-20-11-7-8-12-22(20)27(32)34/h4-13,21H,14-16H2,1-3H3,(H,28,33)/t21-/m0/s1. The second kappa shape index (κ2) is 8.74. The van der Waals surface area contributed by atoms with Crippen molar-refractivity contribution in [1.29, 1.82) is 0 Å². The van der Waals surface area contributed by atoms with Gasteiger partial charge < -0.3 is 10.2 Å². The first-order chi connectivity index (χ1) is 16.4. The minimum atomic E-state index is -0.163. The van der Waals surface area contributed by atoms with Gasteiger partial charge in [0.1, 0.15) is 0 Å². The molecule has 0 unspecified atom stereocenters. The maximum atomic E-state index is 13.3. The summed E-state index contributed by atoms with van der Waals surface area (Å²) >= 11 is 0. The number of carbonyl (C=O) groups excluding carboxylic acids is 2. The van der Waals surface area contributed by atoms with Gasteiger partial charge in [-0.3, -0.25) is 14.3 Å². The highest BCUT2D eigenvalue weighted by molar-refractivity contribution is 6.06. The van der Waals surface area contributed by atoms with Gasteiger partial charge in [0, 0.05) is 43.9 Å². The number of pyridine rings is 1. The summed E-state index contributed by atoms with van der Waals surface area (Å²) < 4.78 is 1.71. The monoisotopic (exact) mass is 453 g/mol. The molecule has 7 nitrogen and oxygen atoms in total. The molecule has 2 amide bonds. The minimum Gasteiger partial charge on any atom is -0.351 e. The van der Waals surface area contributed by atoms with E-state index in [0.717, 1.165) is 33.5 Å². The summed E-state index contributed by atoms with van der Waals surface area (Å²) in [5.41, 5.74) is 5.70. The number of aromatic nitrogens is 3. The zero-order chi connectivity index (χ0) is 23.8. The molecule has 2 aromatic carbocycles. The van der Waals surface area contributed by atoms with Gasteiger partial charge in [-0.1, -0.05) is 48.5 Å². The predicted molar refractivity (Wildman–Crippen MR) is 131 cm³/mol. The van der Waals surface area contributed by atoms with Crippen LogP contribution >= 0.6 is 0 Å². The van der Waals surface area contributed by atoms with E-state index in [-0.39, 0.29) is 17.7 Å². The zero-order valence-corrected chi connectivity index (χ0v) is 19.6. The molecule has 0 fully saturated rings. The third-order valence-electron chi connectivity index (χ3n) is 6.46. The average molecular weight is 454 g/mol. The Morgan fingerprint density at radius 3 is 2.59 bits per heavy atom. The molecule has 34 heavy (non-hydrogen) atoms. The van der Waals surface area contributed by atoms with Crippen LogP contribution in [0.3, 0.4) is 0 Å². The summed E-state index contributed by atoms with van der Waals surface area (Å²) in [4.78, 5) is 32.7. The van der Waals surface area contributed by atoms with Crippen molar-refractivity contribution in [3.63, 3.8) is 0 Å². The Bertz CT molecular complexity index is 1390. The number of nitrogens with one attached hydrogen (secondary N) is 1. The summed E-state index contributed by atoms with van der Waals surface area (Å²) in [7, 11) is 1.83. The van der Waals surface area contributed by atoms with Gasteiger partial charge in [-0.15, -0.1) is 0 Å². The summed E-state index contributed by atoms with van der Waals surface area (Å²) in [6.45, 7) is 5.28. The number of hydrogen-bond donors (Lipinski definition) is 1. The highest BCUT2D eigenvalue weighted by Gasteiger charge is 2.29. The van der Waals surface area contributed by atoms with Crippen LogP contribution < -0.4 is 5.32 Å². The molecule has 2 aromatic heterocycles. The molecule has 7 heteroatoms. The predicted octanol–water partition coefficient (Wildman–Crippen LogP) is 3.75. The molecule has 0 saturated heterocycles. The number of benzene rings is 2. The van der Waals surface area contributed by atoms with Gasteiger partial charge >= 0.3 is 0 Å². The van der Waals surface area contributed by atoms with Crippen LogP contribution in [-0.2, 0) is 13.6 Å². The number of aryl methyl sites for hydroxylation is 3. The van der Waals surface area contributed by atoms with Crippen LogP contribution in [0, 0.1) is 13.8 Å². The van der Waals surface area contributed by atoms with E-state index in [1.807, 2.05) is 86.5 Å². The molecule has 5 rings (SSSR count). The van der Waals surface area contributed by atoms with Gasteiger partial charge in [-0.25, -0.2) is 4.98 Å². The van der Waals surface area contributed by atoms with E-state index in [4.69, 9.17) is 0 Å². The lowest BCUT2D eigenvalue weighted by atomic mass is 9.98. The zero-order valence-electron chi connectivity index (χ0n) is 19.6. The second-order valence-electron chi connectivity index (χ2n) is 8.88. The number of amides is 2. The highest BCUT2D eigenvalue weighted by atomic mass is 16.2. The van der Waals surface area contributed by atoms with Gasteiger partial charge in [0.05, 0.1) is 16.6 Å². The Hall–Kier alpha value is -4.00. The van der Waals surface area contributed by atoms with Gasteiger partial charge in [0.25, 0.3) is 11.8 Å². The van der Waals surface area contributed by atoms with E-state index >= 15 is 0 Å². The summed E-state index contributed by atoms with van der Waals surface area (Å²) in [5.74, 6) is -0.166. The fourth-order valence-corrected chi connectivity index (χ4v) is 4.80. The minimum absolute atomic E-state index is 0.0420. The Kier molecular flexibility index (Phi) is 5.61. The molecular formula is C27H27N5O2. The van der Waals surface area contributed by atoms with Crippen LogP contribution in [0.1, 0.15) is 49.1 Å². The molecule has 0 radical (unpaired) electrons.